The van der Waals surface area contributed by atoms with Crippen LogP contribution in [0.15, 0.2) is 12.2 Å². The largest absolute Gasteiger partial charge is 0.462 e. The van der Waals surface area contributed by atoms with E-state index < -0.39 is 0 Å². The monoisotopic (exact) mass is 184 g/mol. The van der Waals surface area contributed by atoms with Crippen LogP contribution in [0.2, 0.25) is 0 Å². The zero-order chi connectivity index (χ0) is 9.52. The first kappa shape index (κ1) is 10.3. The van der Waals surface area contributed by atoms with Crippen molar-refractivity contribution in [3.05, 3.63) is 12.2 Å². The maximum Gasteiger partial charge on any atom is 0.302 e. The van der Waals surface area contributed by atoms with Crippen LogP contribution in [0.3, 0.4) is 0 Å². The second-order valence-electron chi connectivity index (χ2n) is 3.16. The highest BCUT2D eigenvalue weighted by atomic mass is 16.6. The molecule has 1 aliphatic heterocycles. The van der Waals surface area contributed by atoms with Gasteiger partial charge >= 0.3 is 5.97 Å². The average molecular weight is 184 g/mol. The Bertz CT molecular complexity index is 183. The Hall–Kier alpha value is -0.830. The normalized spacial score (nSPS) is 20.5. The Morgan fingerprint density at radius 1 is 1.62 bits per heavy atom. The Morgan fingerprint density at radius 2 is 2.38 bits per heavy atom. The minimum absolute atomic E-state index is 0.226. The van der Waals surface area contributed by atoms with E-state index in [4.69, 9.17) is 9.47 Å². The summed E-state index contributed by atoms with van der Waals surface area (Å²) >= 11 is 0. The van der Waals surface area contributed by atoms with E-state index in [2.05, 4.69) is 0 Å². The first-order valence-corrected chi connectivity index (χ1v) is 4.69. The number of esters is 1. The first-order chi connectivity index (χ1) is 6.29. The number of unbranched alkanes of at least 4 members (excludes halogenated alkanes) is 1. The number of carbonyl (C=O) groups is 1. The number of carbonyl (C=O) groups excluding carboxylic acids is 1. The van der Waals surface area contributed by atoms with E-state index in [1.165, 1.54) is 6.92 Å². The third kappa shape index (κ3) is 6.34. The fraction of sp³-hybridized carbons (Fsp3) is 0.700. The van der Waals surface area contributed by atoms with E-state index in [0.717, 1.165) is 25.9 Å². The molecule has 0 saturated carbocycles. The van der Waals surface area contributed by atoms with Crippen LogP contribution < -0.4 is 0 Å². The van der Waals surface area contributed by atoms with Crippen molar-refractivity contribution in [2.75, 3.05) is 13.2 Å². The maximum absolute atomic E-state index is 10.4. The molecule has 3 heteroatoms. The van der Waals surface area contributed by atoms with Gasteiger partial charge in [0.05, 0.1) is 12.7 Å². The molecule has 0 aliphatic carbocycles. The molecule has 3 nitrogen and oxygen atoms in total. The third-order valence-electron chi connectivity index (χ3n) is 1.85. The molecule has 0 aromatic carbocycles. The summed E-state index contributed by atoms with van der Waals surface area (Å²) in [5.41, 5.74) is 0. The van der Waals surface area contributed by atoms with Gasteiger partial charge in [-0.2, -0.15) is 0 Å². The summed E-state index contributed by atoms with van der Waals surface area (Å²) < 4.78 is 9.81. The van der Waals surface area contributed by atoms with Gasteiger partial charge in [-0.1, -0.05) is 12.2 Å². The molecule has 1 heterocycles. The van der Waals surface area contributed by atoms with E-state index >= 15 is 0 Å². The molecule has 0 amide bonds. The SMILES string of the molecule is CC(=O)OC/C=C/CCCC1CO1. The summed E-state index contributed by atoms with van der Waals surface area (Å²) in [5, 5.41) is 0. The van der Waals surface area contributed by atoms with E-state index in [1.807, 2.05) is 12.2 Å². The van der Waals surface area contributed by atoms with E-state index in [9.17, 15) is 4.79 Å². The second kappa shape index (κ2) is 5.75. The molecule has 0 spiro atoms. The lowest BCUT2D eigenvalue weighted by molar-refractivity contribution is -0.139. The fourth-order valence-corrected chi connectivity index (χ4v) is 1.05. The molecule has 1 atom stereocenters. The predicted molar refractivity (Wildman–Crippen MR) is 49.4 cm³/mol. The van der Waals surface area contributed by atoms with Crippen LogP contribution in [0.5, 0.6) is 0 Å². The van der Waals surface area contributed by atoms with E-state index in [1.54, 1.807) is 0 Å². The number of epoxide rings is 1. The Morgan fingerprint density at radius 3 is 3.00 bits per heavy atom. The lowest BCUT2D eigenvalue weighted by atomic mass is 10.2. The molecule has 74 valence electrons. The summed E-state index contributed by atoms with van der Waals surface area (Å²) in [7, 11) is 0. The highest BCUT2D eigenvalue weighted by molar-refractivity contribution is 5.65. The molecule has 1 saturated heterocycles. The second-order valence-corrected chi connectivity index (χ2v) is 3.16. The van der Waals surface area contributed by atoms with Crippen molar-refractivity contribution in [3.63, 3.8) is 0 Å². The molecule has 13 heavy (non-hydrogen) atoms. The Balaban J connectivity index is 1.82. The van der Waals surface area contributed by atoms with Gasteiger partial charge in [-0.25, -0.2) is 0 Å². The van der Waals surface area contributed by atoms with Crippen molar-refractivity contribution < 1.29 is 14.3 Å². The van der Waals surface area contributed by atoms with Gasteiger partial charge in [-0.05, 0) is 19.3 Å². The number of allylic oxidation sites excluding steroid dienone is 1. The van der Waals surface area contributed by atoms with Gasteiger partial charge in [-0.15, -0.1) is 0 Å². The Labute approximate surface area is 78.7 Å². The zero-order valence-electron chi connectivity index (χ0n) is 7.99. The molecule has 0 radical (unpaired) electrons. The van der Waals surface area contributed by atoms with Crippen LogP contribution in [0.4, 0.5) is 0 Å². The molecule has 0 bridgehead atoms. The summed E-state index contributed by atoms with van der Waals surface area (Å²) in [6.07, 6.45) is 7.81. The minimum Gasteiger partial charge on any atom is -0.462 e. The van der Waals surface area contributed by atoms with Crippen molar-refractivity contribution in [2.45, 2.75) is 32.3 Å². The van der Waals surface area contributed by atoms with Crippen molar-refractivity contribution in [1.29, 1.82) is 0 Å². The number of rotatable bonds is 6. The smallest absolute Gasteiger partial charge is 0.302 e. The highest BCUT2D eigenvalue weighted by Gasteiger charge is 2.20. The van der Waals surface area contributed by atoms with Crippen LogP contribution >= 0.6 is 0 Å². The number of hydrogen-bond acceptors (Lipinski definition) is 3. The van der Waals surface area contributed by atoms with E-state index in [0.29, 0.717) is 12.7 Å². The van der Waals surface area contributed by atoms with Gasteiger partial charge in [-0.3, -0.25) is 4.79 Å². The fourth-order valence-electron chi connectivity index (χ4n) is 1.05. The zero-order valence-corrected chi connectivity index (χ0v) is 7.99. The minimum atomic E-state index is -0.226. The van der Waals surface area contributed by atoms with E-state index in [-0.39, 0.29) is 5.97 Å². The lowest BCUT2D eigenvalue weighted by Gasteiger charge is -1.94. The van der Waals surface area contributed by atoms with Crippen LogP contribution in [-0.4, -0.2) is 25.3 Å². The molecular formula is C10H16O3. The van der Waals surface area contributed by atoms with Crippen LogP contribution in [0, 0.1) is 0 Å². The summed E-state index contributed by atoms with van der Waals surface area (Å²) in [4.78, 5) is 10.4. The maximum atomic E-state index is 10.4. The van der Waals surface area contributed by atoms with Gasteiger partial charge < -0.3 is 9.47 Å². The van der Waals surface area contributed by atoms with Gasteiger partial charge in [0.15, 0.2) is 0 Å². The van der Waals surface area contributed by atoms with Crippen LogP contribution in [-0.2, 0) is 14.3 Å². The first-order valence-electron chi connectivity index (χ1n) is 4.69. The third-order valence-corrected chi connectivity index (χ3v) is 1.85. The number of hydrogen-bond donors (Lipinski definition) is 0. The van der Waals surface area contributed by atoms with Crippen molar-refractivity contribution in [2.24, 2.45) is 0 Å². The number of ether oxygens (including phenoxy) is 2. The molecule has 1 aliphatic rings. The van der Waals surface area contributed by atoms with Crippen molar-refractivity contribution in [1.82, 2.24) is 0 Å². The molecule has 0 aromatic heterocycles. The van der Waals surface area contributed by atoms with Gasteiger partial charge in [0, 0.05) is 6.92 Å². The van der Waals surface area contributed by atoms with Crippen molar-refractivity contribution in [3.8, 4) is 0 Å². The highest BCUT2D eigenvalue weighted by Crippen LogP contribution is 2.16. The average Bonchev–Trinajstić information content (AvgIpc) is 2.86. The summed E-state index contributed by atoms with van der Waals surface area (Å²) in [5.74, 6) is -0.226. The van der Waals surface area contributed by atoms with Crippen molar-refractivity contribution >= 4 is 5.97 Å². The van der Waals surface area contributed by atoms with Crippen LogP contribution in [0.1, 0.15) is 26.2 Å². The molecule has 0 aromatic rings. The van der Waals surface area contributed by atoms with Gasteiger partial charge in [0.25, 0.3) is 0 Å². The Kier molecular flexibility index (Phi) is 4.54. The summed E-state index contributed by atoms with van der Waals surface area (Å²) in [6, 6.07) is 0. The van der Waals surface area contributed by atoms with Crippen LogP contribution in [0.25, 0.3) is 0 Å². The molecule has 1 unspecified atom stereocenters. The summed E-state index contributed by atoms with van der Waals surface area (Å²) in [6.45, 7) is 2.75. The topological polar surface area (TPSA) is 38.8 Å². The van der Waals surface area contributed by atoms with Gasteiger partial charge in [0.2, 0.25) is 0 Å². The molecule has 1 rings (SSSR count). The van der Waals surface area contributed by atoms with Gasteiger partial charge in [0.1, 0.15) is 6.61 Å². The quantitative estimate of drug-likeness (QED) is 0.273. The molecular weight excluding hydrogens is 168 g/mol. The predicted octanol–water partition coefficient (Wildman–Crippen LogP) is 1.67. The lowest BCUT2D eigenvalue weighted by Crippen LogP contribution is -1.97. The molecule has 1 fully saturated rings. The molecule has 0 N–H and O–H groups in total. The standard InChI is InChI=1S/C10H16O3/c1-9(11)12-7-5-3-2-4-6-10-8-13-10/h3,5,10H,2,4,6-8H2,1H3/b5-3+.